The van der Waals surface area contributed by atoms with E-state index in [0.717, 1.165) is 21.6 Å². The second-order valence-electron chi connectivity index (χ2n) is 13.2. The van der Waals surface area contributed by atoms with Crippen LogP contribution >= 0.6 is 0 Å². The summed E-state index contributed by atoms with van der Waals surface area (Å²) in [5.41, 5.74) is 1.52. The van der Waals surface area contributed by atoms with Gasteiger partial charge in [-0.1, -0.05) is 75.4 Å². The van der Waals surface area contributed by atoms with Crippen LogP contribution < -0.4 is 14.8 Å². The predicted molar refractivity (Wildman–Crippen MR) is 175 cm³/mol. The van der Waals surface area contributed by atoms with Crippen LogP contribution in [-0.4, -0.2) is 75.8 Å². The number of nitrogens with one attached hydrogen (secondary N) is 1. The van der Waals surface area contributed by atoms with E-state index in [-0.39, 0.29) is 18.1 Å². The van der Waals surface area contributed by atoms with E-state index < -0.39 is 50.5 Å². The smallest absolute Gasteiger partial charge is 0.328 e. The third-order valence-electron chi connectivity index (χ3n) is 9.34. The van der Waals surface area contributed by atoms with Crippen molar-refractivity contribution < 1.29 is 38.1 Å². The van der Waals surface area contributed by atoms with Gasteiger partial charge in [-0.2, -0.15) is 0 Å². The molecule has 0 aliphatic carbocycles. The minimum atomic E-state index is -2.33. The summed E-state index contributed by atoms with van der Waals surface area (Å²) in [6.45, 7) is 10.8. The van der Waals surface area contributed by atoms with E-state index in [1.54, 1.807) is 14.2 Å². The zero-order valence-electron chi connectivity index (χ0n) is 27.5. The Balaban J connectivity index is 1.57. The molecular formula is C35H44N2O8Si. The number of nitrogens with zero attached hydrogens (tertiary/aromatic N) is 1. The zero-order valence-corrected chi connectivity index (χ0v) is 28.5. The van der Waals surface area contributed by atoms with E-state index in [9.17, 15) is 14.7 Å². The third kappa shape index (κ3) is 6.43. The number of urea groups is 1. The highest BCUT2D eigenvalue weighted by Crippen LogP contribution is 2.44. The molecule has 0 saturated carbocycles. The van der Waals surface area contributed by atoms with Gasteiger partial charge in [0, 0.05) is 6.42 Å². The van der Waals surface area contributed by atoms with E-state index >= 15 is 0 Å². The summed E-state index contributed by atoms with van der Waals surface area (Å²) in [7, 11) is 0.924. The largest absolute Gasteiger partial charge is 0.497 e. The fraction of sp³-hybridized carbons (Fsp3) is 0.429. The van der Waals surface area contributed by atoms with Crippen LogP contribution in [0.25, 0.3) is 0 Å². The average molecular weight is 649 g/mol. The number of aliphatic hydroxyl groups excluding tert-OH is 1. The van der Waals surface area contributed by atoms with Crippen LogP contribution in [-0.2, 0) is 24.3 Å². The average Bonchev–Trinajstić information content (AvgIpc) is 3.54. The number of amides is 3. The van der Waals surface area contributed by atoms with Crippen molar-refractivity contribution >= 4 is 20.3 Å². The molecule has 1 unspecified atom stereocenters. The molecule has 4 atom stereocenters. The SMILES string of the molecule is COc1ccc(C(OC[C@H]2O[C@@H](N3C(=O)NC(=O)C3O)C[C@@H]2O[Si](C)(C)C(C)(C)C)(c2ccccc2)c2ccc(OC)cc2)cc1. The Morgan fingerprint density at radius 2 is 1.39 bits per heavy atom. The summed E-state index contributed by atoms with van der Waals surface area (Å²) in [6.07, 6.45) is -3.37. The van der Waals surface area contributed by atoms with Crippen LogP contribution in [0.4, 0.5) is 4.79 Å². The molecule has 11 heteroatoms. The molecule has 10 nitrogen and oxygen atoms in total. The van der Waals surface area contributed by atoms with Gasteiger partial charge in [-0.15, -0.1) is 0 Å². The van der Waals surface area contributed by atoms with Gasteiger partial charge in [0.15, 0.2) is 8.32 Å². The van der Waals surface area contributed by atoms with Crippen molar-refractivity contribution in [3.8, 4) is 11.5 Å². The molecule has 5 rings (SSSR count). The highest BCUT2D eigenvalue weighted by Gasteiger charge is 2.51. The van der Waals surface area contributed by atoms with Gasteiger partial charge in [-0.25, -0.2) is 4.79 Å². The lowest BCUT2D eigenvalue weighted by molar-refractivity contribution is -0.143. The van der Waals surface area contributed by atoms with Crippen molar-refractivity contribution in [2.75, 3.05) is 20.8 Å². The predicted octanol–water partition coefficient (Wildman–Crippen LogP) is 5.39. The first-order valence-corrected chi connectivity index (χ1v) is 18.3. The first-order valence-electron chi connectivity index (χ1n) is 15.4. The Bertz CT molecular complexity index is 1460. The molecule has 2 aliphatic heterocycles. The van der Waals surface area contributed by atoms with Gasteiger partial charge < -0.3 is 28.5 Å². The molecular weight excluding hydrogens is 604 g/mol. The molecule has 2 N–H and O–H groups in total. The molecule has 2 saturated heterocycles. The van der Waals surface area contributed by atoms with Crippen LogP contribution in [0.15, 0.2) is 78.9 Å². The van der Waals surface area contributed by atoms with Crippen molar-refractivity contribution in [1.29, 1.82) is 0 Å². The van der Waals surface area contributed by atoms with Crippen molar-refractivity contribution in [2.45, 2.75) is 75.6 Å². The minimum Gasteiger partial charge on any atom is -0.497 e. The molecule has 3 aromatic rings. The van der Waals surface area contributed by atoms with Crippen molar-refractivity contribution in [3.05, 3.63) is 95.6 Å². The molecule has 2 aliphatic rings. The number of hydrogen-bond acceptors (Lipinski definition) is 8. The van der Waals surface area contributed by atoms with Crippen LogP contribution in [0.5, 0.6) is 11.5 Å². The lowest BCUT2D eigenvalue weighted by Gasteiger charge is -2.40. The topological polar surface area (TPSA) is 116 Å². The highest BCUT2D eigenvalue weighted by molar-refractivity contribution is 6.74. The van der Waals surface area contributed by atoms with Gasteiger partial charge in [0.1, 0.15) is 29.4 Å². The Labute approximate surface area is 271 Å². The summed E-state index contributed by atoms with van der Waals surface area (Å²) >= 11 is 0. The Morgan fingerprint density at radius 3 is 1.85 bits per heavy atom. The van der Waals surface area contributed by atoms with Gasteiger partial charge in [0.25, 0.3) is 5.91 Å². The lowest BCUT2D eigenvalue weighted by atomic mass is 9.80. The Morgan fingerprint density at radius 1 is 0.870 bits per heavy atom. The van der Waals surface area contributed by atoms with Gasteiger partial charge in [0.05, 0.1) is 26.9 Å². The molecule has 0 bridgehead atoms. The molecule has 46 heavy (non-hydrogen) atoms. The molecule has 0 spiro atoms. The van der Waals surface area contributed by atoms with E-state index in [1.165, 1.54) is 0 Å². The van der Waals surface area contributed by atoms with E-state index in [0.29, 0.717) is 11.5 Å². The fourth-order valence-corrected chi connectivity index (χ4v) is 7.10. The molecule has 3 amide bonds. The van der Waals surface area contributed by atoms with Gasteiger partial charge in [-0.3, -0.25) is 15.0 Å². The quantitative estimate of drug-likeness (QED) is 0.162. The number of carbonyl (C=O) groups excluding carboxylic acids is 2. The standard InChI is InChI=1S/C35H44N2O8Si/c1-34(2,3)46(6,7)45-28-21-30(37-32(39)31(38)36-33(37)40)44-29(28)22-43-35(23-11-9-8-10-12-23,24-13-17-26(41-4)18-14-24)25-15-19-27(42-5)20-16-25/h8-20,28-30,32,39H,21-22H2,1-7H3,(H,36,38,40)/t28-,29+,30+,32?/m0/s1. The molecule has 3 aromatic carbocycles. The van der Waals surface area contributed by atoms with Crippen LogP contribution in [0, 0.1) is 0 Å². The first kappa shape index (κ1) is 33.6. The summed E-state index contributed by atoms with van der Waals surface area (Å²) in [5.74, 6) is 0.641. The van der Waals surface area contributed by atoms with Crippen LogP contribution in [0.3, 0.4) is 0 Å². The van der Waals surface area contributed by atoms with Crippen molar-refractivity contribution in [3.63, 3.8) is 0 Å². The molecule has 2 fully saturated rings. The summed E-state index contributed by atoms with van der Waals surface area (Å²) in [5, 5.41) is 12.6. The number of rotatable bonds is 11. The number of ether oxygens (including phenoxy) is 4. The molecule has 2 heterocycles. The number of benzene rings is 3. The second kappa shape index (κ2) is 13.2. The lowest BCUT2D eigenvalue weighted by Crippen LogP contribution is -2.47. The Hall–Kier alpha value is -3.74. The fourth-order valence-electron chi connectivity index (χ4n) is 5.74. The summed E-state index contributed by atoms with van der Waals surface area (Å²) in [4.78, 5) is 25.9. The number of methoxy groups -OCH3 is 2. The third-order valence-corrected chi connectivity index (χ3v) is 13.8. The van der Waals surface area contributed by atoms with Crippen LogP contribution in [0.2, 0.25) is 18.1 Å². The zero-order chi connectivity index (χ0) is 33.3. The van der Waals surface area contributed by atoms with Crippen LogP contribution in [0.1, 0.15) is 43.9 Å². The monoisotopic (exact) mass is 648 g/mol. The highest BCUT2D eigenvalue weighted by atomic mass is 28.4. The molecule has 0 aromatic heterocycles. The van der Waals surface area contributed by atoms with E-state index in [1.807, 2.05) is 78.9 Å². The van der Waals surface area contributed by atoms with E-state index in [2.05, 4.69) is 39.2 Å². The number of imide groups is 1. The second-order valence-corrected chi connectivity index (χ2v) is 17.9. The minimum absolute atomic E-state index is 0.0717. The Kier molecular flexibility index (Phi) is 9.62. The molecule has 0 radical (unpaired) electrons. The van der Waals surface area contributed by atoms with Crippen molar-refractivity contribution in [2.24, 2.45) is 0 Å². The van der Waals surface area contributed by atoms with Gasteiger partial charge >= 0.3 is 6.03 Å². The van der Waals surface area contributed by atoms with Gasteiger partial charge in [-0.05, 0) is 59.1 Å². The molecule has 246 valence electrons. The summed E-state index contributed by atoms with van der Waals surface area (Å²) < 4.78 is 31.4. The first-order chi connectivity index (χ1) is 21.8. The summed E-state index contributed by atoms with van der Waals surface area (Å²) in [6, 6.07) is 24.7. The normalized spacial score (nSPS) is 22.2. The van der Waals surface area contributed by atoms with Crippen molar-refractivity contribution in [1.82, 2.24) is 10.2 Å². The maximum absolute atomic E-state index is 12.7. The van der Waals surface area contributed by atoms with E-state index in [4.69, 9.17) is 23.4 Å². The number of hydrogen-bond donors (Lipinski definition) is 2. The number of carbonyl (C=O) groups is 2. The number of aliphatic hydroxyl groups is 1. The van der Waals surface area contributed by atoms with Gasteiger partial charge in [0.2, 0.25) is 6.23 Å². The maximum atomic E-state index is 12.7. The maximum Gasteiger partial charge on any atom is 0.328 e.